The van der Waals surface area contributed by atoms with E-state index in [1.807, 2.05) is 42.5 Å². The molecule has 0 saturated heterocycles. The van der Waals surface area contributed by atoms with Crippen molar-refractivity contribution in [2.45, 2.75) is 0 Å². The first kappa shape index (κ1) is 15.2. The zero-order chi connectivity index (χ0) is 16.9. The van der Waals surface area contributed by atoms with Crippen molar-refractivity contribution in [3.63, 3.8) is 0 Å². The minimum absolute atomic E-state index is 0.651. The molecule has 25 heavy (non-hydrogen) atoms. The van der Waals surface area contributed by atoms with Crippen LogP contribution in [0.3, 0.4) is 0 Å². The van der Waals surface area contributed by atoms with E-state index in [1.165, 1.54) is 12.7 Å². The third-order valence-corrected chi connectivity index (χ3v) is 3.87. The zero-order valence-corrected chi connectivity index (χ0v) is 13.4. The van der Waals surface area contributed by atoms with Gasteiger partial charge in [0.2, 0.25) is 0 Å². The van der Waals surface area contributed by atoms with Gasteiger partial charge in [0.1, 0.15) is 12.7 Å². The van der Waals surface area contributed by atoms with Crippen molar-refractivity contribution in [2.24, 2.45) is 0 Å². The molecule has 0 amide bonds. The van der Waals surface area contributed by atoms with Crippen LogP contribution in [0, 0.1) is 0 Å². The molecule has 4 nitrogen and oxygen atoms in total. The summed E-state index contributed by atoms with van der Waals surface area (Å²) in [4.78, 5) is 16.9. The Morgan fingerprint density at radius 3 is 2.28 bits per heavy atom. The fourth-order valence-electron chi connectivity index (χ4n) is 2.68. The summed E-state index contributed by atoms with van der Waals surface area (Å²) in [6.07, 6.45) is 4.82. The monoisotopic (exact) mass is 321 g/mol. The van der Waals surface area contributed by atoms with Gasteiger partial charge < -0.3 is 0 Å². The summed E-state index contributed by atoms with van der Waals surface area (Å²) in [6, 6.07) is 22.3. The maximum absolute atomic E-state index is 4.51. The lowest BCUT2D eigenvalue weighted by Gasteiger charge is -2.11. The average molecular weight is 321 g/mol. The van der Waals surface area contributed by atoms with Gasteiger partial charge in [-0.05, 0) is 23.8 Å². The summed E-state index contributed by atoms with van der Waals surface area (Å²) >= 11 is 0. The molecule has 0 aliphatic rings. The SMILES string of the molecule is [B](c1ccccc1)c1ccc(-c2ncncn2)cc1-c1ccccn1. The van der Waals surface area contributed by atoms with Gasteiger partial charge in [0.15, 0.2) is 13.1 Å². The smallest absolute Gasteiger partial charge is 0.192 e. The van der Waals surface area contributed by atoms with Crippen LogP contribution in [0.2, 0.25) is 0 Å². The Balaban J connectivity index is 1.81. The number of hydrogen-bond acceptors (Lipinski definition) is 4. The van der Waals surface area contributed by atoms with E-state index in [0.29, 0.717) is 5.82 Å². The number of rotatable bonds is 4. The second-order valence-corrected chi connectivity index (χ2v) is 5.53. The Labute approximate surface area is 146 Å². The van der Waals surface area contributed by atoms with Crippen molar-refractivity contribution in [2.75, 3.05) is 0 Å². The van der Waals surface area contributed by atoms with Crippen LogP contribution in [0.5, 0.6) is 0 Å². The molecule has 2 aromatic carbocycles. The van der Waals surface area contributed by atoms with Crippen molar-refractivity contribution < 1.29 is 0 Å². The lowest BCUT2D eigenvalue weighted by molar-refractivity contribution is 1.06. The fourth-order valence-corrected chi connectivity index (χ4v) is 2.68. The van der Waals surface area contributed by atoms with Crippen LogP contribution in [0.15, 0.2) is 85.6 Å². The molecule has 1 radical (unpaired) electrons. The molecule has 0 aliphatic carbocycles. The van der Waals surface area contributed by atoms with E-state index in [4.69, 9.17) is 0 Å². The Bertz CT molecular complexity index is 961. The number of pyridine rings is 1. The van der Waals surface area contributed by atoms with E-state index in [1.54, 1.807) is 6.20 Å². The second kappa shape index (κ2) is 7.05. The summed E-state index contributed by atoms with van der Waals surface area (Å²) < 4.78 is 0. The van der Waals surface area contributed by atoms with Crippen LogP contribution in [0.25, 0.3) is 22.6 Å². The van der Waals surface area contributed by atoms with Gasteiger partial charge >= 0.3 is 0 Å². The van der Waals surface area contributed by atoms with Crippen molar-refractivity contribution in [3.05, 3.63) is 85.6 Å². The van der Waals surface area contributed by atoms with Crippen LogP contribution < -0.4 is 10.9 Å². The Morgan fingerprint density at radius 2 is 1.52 bits per heavy atom. The summed E-state index contributed by atoms with van der Waals surface area (Å²) in [5.41, 5.74) is 5.14. The standard InChI is InChI=1S/C20H14BN4/c1-2-6-16(7-3-1)21-18-10-9-15(20-24-13-22-14-25-20)12-17(18)19-8-4-5-11-23-19/h1-14H. The minimum Gasteiger partial charge on any atom is -0.256 e. The van der Waals surface area contributed by atoms with Gasteiger partial charge in [0, 0.05) is 11.8 Å². The third kappa shape index (κ3) is 3.45. The average Bonchev–Trinajstić information content (AvgIpc) is 2.70. The van der Waals surface area contributed by atoms with Crippen LogP contribution in [-0.4, -0.2) is 27.2 Å². The molecule has 0 N–H and O–H groups in total. The number of nitrogens with zero attached hydrogens (tertiary/aromatic N) is 4. The predicted molar refractivity (Wildman–Crippen MR) is 100.0 cm³/mol. The highest BCUT2D eigenvalue weighted by Crippen LogP contribution is 2.21. The first-order valence-corrected chi connectivity index (χ1v) is 7.98. The molecule has 0 fully saturated rings. The maximum atomic E-state index is 4.51. The van der Waals surface area contributed by atoms with Gasteiger partial charge in [0.25, 0.3) is 0 Å². The fraction of sp³-hybridized carbons (Fsp3) is 0. The molecule has 0 bridgehead atoms. The first-order valence-electron chi connectivity index (χ1n) is 7.98. The molecule has 5 heteroatoms. The number of aromatic nitrogens is 4. The lowest BCUT2D eigenvalue weighted by Crippen LogP contribution is -2.28. The maximum Gasteiger partial charge on any atom is 0.192 e. The van der Waals surface area contributed by atoms with E-state index >= 15 is 0 Å². The number of hydrogen-bond donors (Lipinski definition) is 0. The first-order chi connectivity index (χ1) is 12.4. The van der Waals surface area contributed by atoms with Crippen LogP contribution in [0.4, 0.5) is 0 Å². The van der Waals surface area contributed by atoms with E-state index in [2.05, 4.69) is 51.5 Å². The molecule has 0 aliphatic heterocycles. The molecular weight excluding hydrogens is 307 g/mol. The van der Waals surface area contributed by atoms with Gasteiger partial charge in [-0.1, -0.05) is 59.5 Å². The highest BCUT2D eigenvalue weighted by atomic mass is 15.0. The Kier molecular flexibility index (Phi) is 4.29. The predicted octanol–water partition coefficient (Wildman–Crippen LogP) is 2.26. The van der Waals surface area contributed by atoms with Crippen molar-refractivity contribution in [3.8, 4) is 22.6 Å². The second-order valence-electron chi connectivity index (χ2n) is 5.53. The van der Waals surface area contributed by atoms with Crippen molar-refractivity contribution in [1.82, 2.24) is 19.9 Å². The highest BCUT2D eigenvalue weighted by molar-refractivity contribution is 6.68. The molecule has 117 valence electrons. The molecule has 0 unspecified atom stereocenters. The number of benzene rings is 2. The van der Waals surface area contributed by atoms with E-state index in [-0.39, 0.29) is 0 Å². The van der Waals surface area contributed by atoms with Crippen LogP contribution >= 0.6 is 0 Å². The van der Waals surface area contributed by atoms with Crippen molar-refractivity contribution in [1.29, 1.82) is 0 Å². The quantitative estimate of drug-likeness (QED) is 0.541. The summed E-state index contributed by atoms with van der Waals surface area (Å²) in [6.45, 7) is 0. The van der Waals surface area contributed by atoms with E-state index in [9.17, 15) is 0 Å². The Hall–Kier alpha value is -3.34. The normalized spacial score (nSPS) is 10.4. The van der Waals surface area contributed by atoms with E-state index < -0.39 is 0 Å². The molecule has 2 heterocycles. The summed E-state index contributed by atoms with van der Waals surface area (Å²) in [5, 5.41) is 0. The van der Waals surface area contributed by atoms with Crippen LogP contribution in [0.1, 0.15) is 0 Å². The Morgan fingerprint density at radius 1 is 0.720 bits per heavy atom. The van der Waals surface area contributed by atoms with Crippen molar-refractivity contribution >= 4 is 18.2 Å². The van der Waals surface area contributed by atoms with E-state index in [0.717, 1.165) is 27.7 Å². The van der Waals surface area contributed by atoms with Gasteiger partial charge in [0.05, 0.1) is 5.69 Å². The van der Waals surface area contributed by atoms with Gasteiger partial charge in [-0.2, -0.15) is 0 Å². The van der Waals surface area contributed by atoms with Gasteiger partial charge in [-0.3, -0.25) is 4.98 Å². The molecule has 0 spiro atoms. The molecule has 4 rings (SSSR count). The highest BCUT2D eigenvalue weighted by Gasteiger charge is 2.11. The zero-order valence-electron chi connectivity index (χ0n) is 13.4. The molecule has 0 saturated carbocycles. The molecule has 2 aromatic heterocycles. The van der Waals surface area contributed by atoms with Crippen LogP contribution in [-0.2, 0) is 0 Å². The largest absolute Gasteiger partial charge is 0.256 e. The molecule has 0 atom stereocenters. The lowest BCUT2D eigenvalue weighted by atomic mass is 9.62. The van der Waals surface area contributed by atoms with Gasteiger partial charge in [-0.25, -0.2) is 15.0 Å². The van der Waals surface area contributed by atoms with Gasteiger partial charge in [-0.15, -0.1) is 0 Å². The summed E-state index contributed by atoms with van der Waals surface area (Å²) in [5.74, 6) is 0.651. The molecular formula is C20H14BN4. The summed E-state index contributed by atoms with van der Waals surface area (Å²) in [7, 11) is 2.15. The topological polar surface area (TPSA) is 51.6 Å². The minimum atomic E-state index is 0.651. The third-order valence-electron chi connectivity index (χ3n) is 3.87. The molecule has 4 aromatic rings.